The van der Waals surface area contributed by atoms with Gasteiger partial charge in [0.2, 0.25) is 0 Å². The minimum absolute atomic E-state index is 0.301. The molecule has 0 aliphatic heterocycles. The van der Waals surface area contributed by atoms with Crippen molar-refractivity contribution in [3.8, 4) is 28.8 Å². The van der Waals surface area contributed by atoms with Crippen LogP contribution >= 0.6 is 0 Å². The zero-order valence-electron chi connectivity index (χ0n) is 20.4. The van der Waals surface area contributed by atoms with Gasteiger partial charge in [-0.2, -0.15) is 0 Å². The second kappa shape index (κ2) is 11.3. The smallest absolute Gasteiger partial charge is 0.180 e. The largest absolute Gasteiger partial charge is 0.494 e. The number of aryl methyl sites for hydroxylation is 1. The van der Waals surface area contributed by atoms with Crippen molar-refractivity contribution in [3.05, 3.63) is 71.7 Å². The molecular formula is C27H31N3O3S. The summed E-state index contributed by atoms with van der Waals surface area (Å²) in [6.45, 7) is 6.84. The Balaban J connectivity index is 1.78. The Labute approximate surface area is 202 Å². The predicted molar refractivity (Wildman–Crippen MR) is 136 cm³/mol. The van der Waals surface area contributed by atoms with Gasteiger partial charge in [0.25, 0.3) is 0 Å². The van der Waals surface area contributed by atoms with E-state index in [2.05, 4.69) is 26.7 Å². The zero-order chi connectivity index (χ0) is 24.7. The summed E-state index contributed by atoms with van der Waals surface area (Å²) >= 11 is 0. The number of hydrogen-bond donors (Lipinski definition) is 0. The lowest BCUT2D eigenvalue weighted by atomic mass is 10.1. The number of sulfone groups is 1. The van der Waals surface area contributed by atoms with Crippen molar-refractivity contribution in [1.29, 1.82) is 0 Å². The molecule has 0 aliphatic rings. The lowest BCUT2D eigenvalue weighted by Gasteiger charge is -2.10. The van der Waals surface area contributed by atoms with Crippen LogP contribution in [-0.2, 0) is 9.84 Å². The number of aromatic nitrogens is 2. The molecule has 0 radical (unpaired) electrons. The third-order valence-electron chi connectivity index (χ3n) is 5.23. The average Bonchev–Trinajstić information content (AvgIpc) is 2.81. The van der Waals surface area contributed by atoms with E-state index in [4.69, 9.17) is 4.74 Å². The Kier molecular flexibility index (Phi) is 8.43. The molecule has 0 fully saturated rings. The monoisotopic (exact) mass is 477 g/mol. The average molecular weight is 478 g/mol. The number of rotatable bonds is 8. The van der Waals surface area contributed by atoms with Gasteiger partial charge in [0.15, 0.2) is 9.84 Å². The number of hydrogen-bond acceptors (Lipinski definition) is 6. The van der Waals surface area contributed by atoms with E-state index in [0.717, 1.165) is 35.5 Å². The lowest BCUT2D eigenvalue weighted by Crippen LogP contribution is -2.15. The van der Waals surface area contributed by atoms with Crippen LogP contribution in [0.2, 0.25) is 0 Å². The van der Waals surface area contributed by atoms with Crippen molar-refractivity contribution in [2.75, 3.05) is 27.2 Å². The molecule has 7 heteroatoms. The molecule has 3 rings (SSSR count). The Hall–Kier alpha value is -3.21. The molecule has 0 saturated carbocycles. The summed E-state index contributed by atoms with van der Waals surface area (Å²) in [6, 6.07) is 14.4. The van der Waals surface area contributed by atoms with E-state index in [1.165, 1.54) is 0 Å². The zero-order valence-corrected chi connectivity index (χ0v) is 21.2. The first-order chi connectivity index (χ1) is 16.2. The molecule has 0 saturated heterocycles. The fraction of sp³-hybridized carbons (Fsp3) is 0.333. The van der Waals surface area contributed by atoms with Crippen molar-refractivity contribution in [2.45, 2.75) is 37.3 Å². The predicted octanol–water partition coefficient (Wildman–Crippen LogP) is 4.36. The quantitative estimate of drug-likeness (QED) is 0.355. The molecule has 0 amide bonds. The molecule has 1 heterocycles. The van der Waals surface area contributed by atoms with E-state index in [1.54, 1.807) is 44.3 Å². The first-order valence-corrected chi connectivity index (χ1v) is 12.8. The molecule has 0 N–H and O–H groups in total. The standard InChI is InChI=1S/C27H31N3O3S/c1-20(2)34(31,32)25-13-11-23(12-14-25)27-19-28-21(3)26(29-27)15-10-22-8-6-9-24(18-22)33-17-7-16-30(4)5/h6,8-9,11-14,18-20H,7,16-17H2,1-5H3. The van der Waals surface area contributed by atoms with Gasteiger partial charge in [-0.1, -0.05) is 24.1 Å². The molecule has 1 aromatic heterocycles. The Morgan fingerprint density at radius 1 is 1.06 bits per heavy atom. The highest BCUT2D eigenvalue weighted by Gasteiger charge is 2.19. The van der Waals surface area contributed by atoms with Gasteiger partial charge < -0.3 is 9.64 Å². The van der Waals surface area contributed by atoms with E-state index in [1.807, 2.05) is 45.3 Å². The van der Waals surface area contributed by atoms with E-state index < -0.39 is 15.1 Å². The van der Waals surface area contributed by atoms with Crippen molar-refractivity contribution < 1.29 is 13.2 Å². The summed E-state index contributed by atoms with van der Waals surface area (Å²) in [6.07, 6.45) is 2.63. The van der Waals surface area contributed by atoms with Crippen molar-refractivity contribution >= 4 is 9.84 Å². The van der Waals surface area contributed by atoms with Crippen LogP contribution in [-0.4, -0.2) is 55.8 Å². The maximum absolute atomic E-state index is 12.4. The van der Waals surface area contributed by atoms with Gasteiger partial charge in [0.1, 0.15) is 11.4 Å². The van der Waals surface area contributed by atoms with Crippen molar-refractivity contribution in [2.24, 2.45) is 0 Å². The summed E-state index contributed by atoms with van der Waals surface area (Å²) in [4.78, 5) is 11.5. The van der Waals surface area contributed by atoms with Crippen LogP contribution in [0.3, 0.4) is 0 Å². The summed E-state index contributed by atoms with van der Waals surface area (Å²) in [5.41, 5.74) is 3.56. The fourth-order valence-electron chi connectivity index (χ4n) is 3.16. The molecule has 3 aromatic rings. The normalized spacial score (nSPS) is 11.4. The van der Waals surface area contributed by atoms with Crippen LogP contribution in [0, 0.1) is 18.8 Å². The van der Waals surface area contributed by atoms with Crippen LogP contribution in [0.4, 0.5) is 0 Å². The summed E-state index contributed by atoms with van der Waals surface area (Å²) in [5.74, 6) is 7.06. The highest BCUT2D eigenvalue weighted by molar-refractivity contribution is 7.92. The van der Waals surface area contributed by atoms with Crippen LogP contribution in [0.15, 0.2) is 59.6 Å². The molecule has 0 atom stereocenters. The van der Waals surface area contributed by atoms with Gasteiger partial charge in [-0.3, -0.25) is 4.98 Å². The summed E-state index contributed by atoms with van der Waals surface area (Å²) in [5, 5.41) is -0.471. The molecule has 0 spiro atoms. The Bertz CT molecular complexity index is 1290. The van der Waals surface area contributed by atoms with Crippen LogP contribution in [0.25, 0.3) is 11.3 Å². The van der Waals surface area contributed by atoms with E-state index in [9.17, 15) is 8.42 Å². The van der Waals surface area contributed by atoms with Gasteiger partial charge in [0, 0.05) is 17.7 Å². The van der Waals surface area contributed by atoms with Gasteiger partial charge in [-0.25, -0.2) is 13.4 Å². The Morgan fingerprint density at radius 2 is 1.79 bits per heavy atom. The second-order valence-corrected chi connectivity index (χ2v) is 11.1. The SMILES string of the molecule is Cc1ncc(-c2ccc(S(=O)(=O)C(C)C)cc2)nc1C#Cc1cccc(OCCCN(C)C)c1. The van der Waals surface area contributed by atoms with Crippen LogP contribution in [0.1, 0.15) is 37.2 Å². The van der Waals surface area contributed by atoms with E-state index in [0.29, 0.717) is 22.9 Å². The van der Waals surface area contributed by atoms with E-state index in [-0.39, 0.29) is 0 Å². The Morgan fingerprint density at radius 3 is 2.47 bits per heavy atom. The fourth-order valence-corrected chi connectivity index (χ4v) is 4.22. The van der Waals surface area contributed by atoms with Crippen LogP contribution in [0.5, 0.6) is 5.75 Å². The number of benzene rings is 2. The van der Waals surface area contributed by atoms with Crippen molar-refractivity contribution in [1.82, 2.24) is 14.9 Å². The van der Waals surface area contributed by atoms with Gasteiger partial charge in [-0.05, 0) is 77.5 Å². The molecule has 6 nitrogen and oxygen atoms in total. The highest BCUT2D eigenvalue weighted by Crippen LogP contribution is 2.22. The number of nitrogens with zero attached hydrogens (tertiary/aromatic N) is 3. The molecule has 178 valence electrons. The first kappa shape index (κ1) is 25.4. The van der Waals surface area contributed by atoms with Gasteiger partial charge >= 0.3 is 0 Å². The van der Waals surface area contributed by atoms with Gasteiger partial charge in [-0.15, -0.1) is 0 Å². The summed E-state index contributed by atoms with van der Waals surface area (Å²) < 4.78 is 30.6. The molecule has 34 heavy (non-hydrogen) atoms. The molecule has 0 bridgehead atoms. The lowest BCUT2D eigenvalue weighted by molar-refractivity contribution is 0.281. The molecule has 0 aliphatic carbocycles. The minimum atomic E-state index is -3.32. The maximum atomic E-state index is 12.4. The topological polar surface area (TPSA) is 72.4 Å². The summed E-state index contributed by atoms with van der Waals surface area (Å²) in [7, 11) is 0.772. The van der Waals surface area contributed by atoms with Crippen LogP contribution < -0.4 is 4.74 Å². The molecule has 0 unspecified atom stereocenters. The number of ether oxygens (including phenoxy) is 1. The van der Waals surface area contributed by atoms with E-state index >= 15 is 0 Å². The third kappa shape index (κ3) is 6.66. The van der Waals surface area contributed by atoms with Crippen molar-refractivity contribution in [3.63, 3.8) is 0 Å². The maximum Gasteiger partial charge on any atom is 0.180 e. The third-order valence-corrected chi connectivity index (χ3v) is 7.40. The van der Waals surface area contributed by atoms with Gasteiger partial charge in [0.05, 0.1) is 34.3 Å². The first-order valence-electron chi connectivity index (χ1n) is 11.2. The second-order valence-electron chi connectivity index (χ2n) is 8.59. The molecule has 2 aromatic carbocycles. The minimum Gasteiger partial charge on any atom is -0.494 e. The molecular weight excluding hydrogens is 446 g/mol. The highest BCUT2D eigenvalue weighted by atomic mass is 32.2.